The third-order valence-corrected chi connectivity index (χ3v) is 2.93. The normalized spacial score (nSPS) is 33.1. The van der Waals surface area contributed by atoms with Crippen molar-refractivity contribution in [3.05, 3.63) is 0 Å². The molecule has 68 valence electrons. The smallest absolute Gasteiger partial charge is 0.306 e. The molecule has 0 aromatic rings. The van der Waals surface area contributed by atoms with Gasteiger partial charge in [-0.1, -0.05) is 0 Å². The van der Waals surface area contributed by atoms with Crippen molar-refractivity contribution in [2.24, 2.45) is 5.92 Å². The standard InChI is InChI=1S/C9H15NO2/c1-2-12-9(11)5-7-6-10-4-3-8(7)10/h7-8H,2-6H2,1H3. The molecule has 2 heterocycles. The second kappa shape index (κ2) is 3.05. The molecule has 12 heavy (non-hydrogen) atoms. The highest BCUT2D eigenvalue weighted by atomic mass is 16.5. The molecule has 2 fully saturated rings. The molecule has 0 amide bonds. The third-order valence-electron chi connectivity index (χ3n) is 2.93. The number of nitrogens with zero attached hydrogens (tertiary/aromatic N) is 1. The zero-order valence-electron chi connectivity index (χ0n) is 7.45. The molecule has 2 rings (SSSR count). The van der Waals surface area contributed by atoms with Crippen LogP contribution in [0, 0.1) is 5.92 Å². The van der Waals surface area contributed by atoms with E-state index in [1.807, 2.05) is 6.92 Å². The fraction of sp³-hybridized carbons (Fsp3) is 0.889. The van der Waals surface area contributed by atoms with Gasteiger partial charge in [-0.2, -0.15) is 0 Å². The summed E-state index contributed by atoms with van der Waals surface area (Å²) < 4.78 is 4.90. The van der Waals surface area contributed by atoms with Gasteiger partial charge >= 0.3 is 5.97 Å². The molecular weight excluding hydrogens is 154 g/mol. The topological polar surface area (TPSA) is 29.5 Å². The van der Waals surface area contributed by atoms with Crippen LogP contribution in [-0.4, -0.2) is 36.6 Å². The summed E-state index contributed by atoms with van der Waals surface area (Å²) in [6.07, 6.45) is 1.92. The first-order valence-corrected chi connectivity index (χ1v) is 4.71. The molecule has 0 N–H and O–H groups in total. The lowest BCUT2D eigenvalue weighted by Crippen LogP contribution is -2.65. The minimum Gasteiger partial charge on any atom is -0.466 e. The van der Waals surface area contributed by atoms with E-state index in [1.165, 1.54) is 13.0 Å². The van der Waals surface area contributed by atoms with E-state index < -0.39 is 0 Å². The highest BCUT2D eigenvalue weighted by Crippen LogP contribution is 2.37. The summed E-state index contributed by atoms with van der Waals surface area (Å²) in [6, 6.07) is 0.717. The van der Waals surface area contributed by atoms with E-state index in [1.54, 1.807) is 0 Å². The summed E-state index contributed by atoms with van der Waals surface area (Å²) >= 11 is 0. The first kappa shape index (κ1) is 8.05. The lowest BCUT2D eigenvalue weighted by Gasteiger charge is -2.56. The fourth-order valence-electron chi connectivity index (χ4n) is 2.14. The molecule has 2 atom stereocenters. The maximum atomic E-state index is 11.1. The molecule has 3 nitrogen and oxygen atoms in total. The number of esters is 1. The number of carbonyl (C=O) groups excluding carboxylic acids is 1. The van der Waals surface area contributed by atoms with Gasteiger partial charge < -0.3 is 4.74 Å². The molecule has 0 aliphatic carbocycles. The molecule has 0 saturated carbocycles. The number of carbonyl (C=O) groups is 1. The van der Waals surface area contributed by atoms with Gasteiger partial charge in [0.15, 0.2) is 0 Å². The van der Waals surface area contributed by atoms with Crippen LogP contribution < -0.4 is 0 Å². The van der Waals surface area contributed by atoms with Crippen molar-refractivity contribution in [3.8, 4) is 0 Å². The lowest BCUT2D eigenvalue weighted by molar-refractivity contribution is -0.150. The van der Waals surface area contributed by atoms with Crippen LogP contribution in [0.5, 0.6) is 0 Å². The monoisotopic (exact) mass is 169 g/mol. The Hall–Kier alpha value is -0.570. The van der Waals surface area contributed by atoms with E-state index in [-0.39, 0.29) is 5.97 Å². The van der Waals surface area contributed by atoms with Crippen LogP contribution in [0.3, 0.4) is 0 Å². The Morgan fingerprint density at radius 3 is 2.92 bits per heavy atom. The van der Waals surface area contributed by atoms with Crippen molar-refractivity contribution >= 4 is 5.97 Å². The van der Waals surface area contributed by atoms with E-state index in [0.29, 0.717) is 18.9 Å². The number of fused-ring (bicyclic) bond motifs is 1. The van der Waals surface area contributed by atoms with Crippen LogP contribution in [0.15, 0.2) is 0 Å². The van der Waals surface area contributed by atoms with Crippen LogP contribution in [0.25, 0.3) is 0 Å². The molecule has 2 aliphatic rings. The van der Waals surface area contributed by atoms with Gasteiger partial charge in [-0.05, 0) is 25.8 Å². The average molecular weight is 169 g/mol. The minimum absolute atomic E-state index is 0.0194. The second-order valence-corrected chi connectivity index (χ2v) is 3.62. The van der Waals surface area contributed by atoms with Crippen molar-refractivity contribution in [1.29, 1.82) is 0 Å². The van der Waals surface area contributed by atoms with E-state index >= 15 is 0 Å². The maximum Gasteiger partial charge on any atom is 0.306 e. The van der Waals surface area contributed by atoms with E-state index in [2.05, 4.69) is 4.90 Å². The number of hydrogen-bond donors (Lipinski definition) is 0. The Balaban J connectivity index is 1.70. The second-order valence-electron chi connectivity index (χ2n) is 3.62. The molecular formula is C9H15NO2. The SMILES string of the molecule is CCOC(=O)CC1CN2CCC12. The fourth-order valence-corrected chi connectivity index (χ4v) is 2.14. The molecule has 2 aliphatic heterocycles. The number of hydrogen-bond acceptors (Lipinski definition) is 3. The van der Waals surface area contributed by atoms with Crippen molar-refractivity contribution < 1.29 is 9.53 Å². The predicted octanol–water partition coefficient (Wildman–Crippen LogP) is 0.644. The molecule has 0 bridgehead atoms. The Kier molecular flexibility index (Phi) is 2.05. The van der Waals surface area contributed by atoms with Crippen LogP contribution in [0.1, 0.15) is 19.8 Å². The van der Waals surface area contributed by atoms with Gasteiger partial charge in [-0.3, -0.25) is 9.69 Å². The molecule has 0 aromatic heterocycles. The van der Waals surface area contributed by atoms with E-state index in [9.17, 15) is 4.79 Å². The van der Waals surface area contributed by atoms with Crippen molar-refractivity contribution in [2.45, 2.75) is 25.8 Å². The van der Waals surface area contributed by atoms with Crippen molar-refractivity contribution in [2.75, 3.05) is 19.7 Å². The van der Waals surface area contributed by atoms with Gasteiger partial charge in [0.1, 0.15) is 0 Å². The molecule has 0 aromatic carbocycles. The van der Waals surface area contributed by atoms with E-state index in [4.69, 9.17) is 4.74 Å². The zero-order valence-corrected chi connectivity index (χ0v) is 7.45. The highest BCUT2D eigenvalue weighted by molar-refractivity contribution is 5.70. The van der Waals surface area contributed by atoms with Crippen LogP contribution >= 0.6 is 0 Å². The summed E-state index contributed by atoms with van der Waals surface area (Å²) in [4.78, 5) is 13.5. The maximum absolute atomic E-state index is 11.1. The largest absolute Gasteiger partial charge is 0.466 e. The quantitative estimate of drug-likeness (QED) is 0.581. The summed E-state index contributed by atoms with van der Waals surface area (Å²) in [5, 5.41) is 0. The third kappa shape index (κ3) is 1.22. The van der Waals surface area contributed by atoms with Gasteiger partial charge in [0.25, 0.3) is 0 Å². The zero-order chi connectivity index (χ0) is 8.55. The summed E-state index contributed by atoms with van der Waals surface area (Å²) in [5.41, 5.74) is 0. The van der Waals surface area contributed by atoms with Gasteiger partial charge in [0.2, 0.25) is 0 Å². The average Bonchev–Trinajstić information content (AvgIpc) is 1.99. The van der Waals surface area contributed by atoms with Crippen molar-refractivity contribution in [3.63, 3.8) is 0 Å². The molecule has 2 unspecified atom stereocenters. The molecule has 0 spiro atoms. The summed E-state index contributed by atoms with van der Waals surface area (Å²) in [6.45, 7) is 4.72. The number of piperidine rings is 1. The van der Waals surface area contributed by atoms with Crippen molar-refractivity contribution in [1.82, 2.24) is 4.90 Å². The van der Waals surface area contributed by atoms with Crippen LogP contribution in [-0.2, 0) is 9.53 Å². The Morgan fingerprint density at radius 2 is 2.50 bits per heavy atom. The minimum atomic E-state index is -0.0194. The van der Waals surface area contributed by atoms with Gasteiger partial charge in [0.05, 0.1) is 13.0 Å². The first-order chi connectivity index (χ1) is 5.81. The van der Waals surface area contributed by atoms with Gasteiger partial charge in [-0.15, -0.1) is 0 Å². The number of rotatable bonds is 3. The predicted molar refractivity (Wildman–Crippen MR) is 44.7 cm³/mol. The molecule has 0 radical (unpaired) electrons. The lowest BCUT2D eigenvalue weighted by atomic mass is 9.78. The highest BCUT2D eigenvalue weighted by Gasteiger charge is 2.45. The Bertz CT molecular complexity index is 193. The first-order valence-electron chi connectivity index (χ1n) is 4.71. The molecule has 2 saturated heterocycles. The Morgan fingerprint density at radius 1 is 1.67 bits per heavy atom. The summed E-state index contributed by atoms with van der Waals surface area (Å²) in [5.74, 6) is 0.576. The Labute approximate surface area is 72.7 Å². The summed E-state index contributed by atoms with van der Waals surface area (Å²) in [7, 11) is 0. The van der Waals surface area contributed by atoms with Crippen LogP contribution in [0.2, 0.25) is 0 Å². The van der Waals surface area contributed by atoms with Crippen LogP contribution in [0.4, 0.5) is 0 Å². The molecule has 3 heteroatoms. The van der Waals surface area contributed by atoms with E-state index in [0.717, 1.165) is 12.6 Å². The van der Waals surface area contributed by atoms with Gasteiger partial charge in [0, 0.05) is 12.6 Å². The van der Waals surface area contributed by atoms with Gasteiger partial charge in [-0.25, -0.2) is 0 Å². The number of ether oxygens (including phenoxy) is 1.